The molecule has 22 heavy (non-hydrogen) atoms. The Morgan fingerprint density at radius 1 is 1.36 bits per heavy atom. The van der Waals surface area contributed by atoms with E-state index in [1.165, 1.54) is 11.8 Å². The first-order chi connectivity index (χ1) is 10.7. The summed E-state index contributed by atoms with van der Waals surface area (Å²) in [6, 6.07) is 7.24. The van der Waals surface area contributed by atoms with Crippen molar-refractivity contribution in [2.75, 3.05) is 7.11 Å². The number of hydrogen-bond donors (Lipinski definition) is 1. The summed E-state index contributed by atoms with van der Waals surface area (Å²) in [6.07, 6.45) is 0. The highest BCUT2D eigenvalue weighted by atomic mass is 35.5. The highest BCUT2D eigenvalue weighted by Gasteiger charge is 2.12. The number of benzene rings is 1. The van der Waals surface area contributed by atoms with Crippen LogP contribution in [0.15, 0.2) is 33.9 Å². The van der Waals surface area contributed by atoms with Crippen LogP contribution in [0.2, 0.25) is 5.02 Å². The predicted octanol–water partition coefficient (Wildman–Crippen LogP) is 3.72. The summed E-state index contributed by atoms with van der Waals surface area (Å²) >= 11 is 7.50. The minimum absolute atomic E-state index is 0.609. The zero-order chi connectivity index (χ0) is 15.5. The Kier molecular flexibility index (Phi) is 4.35. The van der Waals surface area contributed by atoms with Crippen molar-refractivity contribution >= 4 is 23.4 Å². The number of hydrogen-bond acceptors (Lipinski definition) is 6. The van der Waals surface area contributed by atoms with E-state index in [1.54, 1.807) is 25.3 Å². The van der Waals surface area contributed by atoms with E-state index in [0.717, 1.165) is 17.0 Å². The van der Waals surface area contributed by atoms with E-state index in [-0.39, 0.29) is 0 Å². The van der Waals surface area contributed by atoms with Gasteiger partial charge in [-0.1, -0.05) is 28.5 Å². The van der Waals surface area contributed by atoms with Gasteiger partial charge in [0.25, 0.3) is 0 Å². The number of aromatic amines is 1. The summed E-state index contributed by atoms with van der Waals surface area (Å²) in [5.41, 5.74) is 1.63. The van der Waals surface area contributed by atoms with E-state index in [4.69, 9.17) is 20.9 Å². The van der Waals surface area contributed by atoms with Crippen molar-refractivity contribution in [1.29, 1.82) is 0 Å². The molecule has 0 bridgehead atoms. The number of nitrogens with zero attached hydrogens (tertiary/aromatic N) is 3. The Morgan fingerprint density at radius 3 is 2.95 bits per heavy atom. The Morgan fingerprint density at radius 2 is 2.23 bits per heavy atom. The van der Waals surface area contributed by atoms with Crippen LogP contribution in [0.4, 0.5) is 0 Å². The molecule has 114 valence electrons. The molecule has 1 aromatic carbocycles. The first-order valence-electron chi connectivity index (χ1n) is 6.47. The first kappa shape index (κ1) is 14.9. The van der Waals surface area contributed by atoms with Crippen molar-refractivity contribution < 1.29 is 9.26 Å². The molecule has 1 N–H and O–H groups in total. The largest absolute Gasteiger partial charge is 0.496 e. The molecule has 2 heterocycles. The third-order valence-corrected chi connectivity index (χ3v) is 4.02. The number of methoxy groups -OCH3 is 1. The zero-order valence-electron chi connectivity index (χ0n) is 12.0. The first-order valence-corrected chi connectivity index (χ1v) is 7.83. The van der Waals surface area contributed by atoms with Crippen LogP contribution in [0.25, 0.3) is 11.4 Å². The molecule has 0 radical (unpaired) electrons. The van der Waals surface area contributed by atoms with Crippen LogP contribution in [0.3, 0.4) is 0 Å². The maximum Gasteiger partial charge on any atom is 0.209 e. The second-order valence-electron chi connectivity index (χ2n) is 4.53. The molecule has 2 aromatic heterocycles. The lowest BCUT2D eigenvalue weighted by atomic mass is 10.2. The molecule has 3 aromatic rings. The van der Waals surface area contributed by atoms with Gasteiger partial charge in [0.1, 0.15) is 11.5 Å². The Balaban J connectivity index is 1.77. The molecule has 3 rings (SSSR count). The molecule has 0 spiro atoms. The molecule has 8 heteroatoms. The minimum atomic E-state index is 0.609. The Hall–Kier alpha value is -1.99. The van der Waals surface area contributed by atoms with Gasteiger partial charge >= 0.3 is 0 Å². The molecule has 0 atom stereocenters. The quantitative estimate of drug-likeness (QED) is 0.715. The van der Waals surface area contributed by atoms with E-state index >= 15 is 0 Å². The molecule has 0 aliphatic carbocycles. The summed E-state index contributed by atoms with van der Waals surface area (Å²) < 4.78 is 10.3. The molecule has 0 saturated heterocycles. The monoisotopic (exact) mass is 336 g/mol. The number of thioether (sulfide) groups is 1. The highest BCUT2D eigenvalue weighted by molar-refractivity contribution is 7.98. The number of aromatic nitrogens is 4. The SMILES string of the molecule is COc1ccc(Cl)cc1-c1nc(SCc2cc(C)on2)n[nH]1. The summed E-state index contributed by atoms with van der Waals surface area (Å²) in [5.74, 6) is 2.72. The average molecular weight is 337 g/mol. The fraction of sp³-hybridized carbons (Fsp3) is 0.214. The number of halogens is 1. The number of nitrogens with one attached hydrogen (secondary N) is 1. The fourth-order valence-electron chi connectivity index (χ4n) is 1.92. The average Bonchev–Trinajstić information content (AvgIpc) is 3.14. The van der Waals surface area contributed by atoms with Gasteiger partial charge in [0.15, 0.2) is 5.82 Å². The molecular weight excluding hydrogens is 324 g/mol. The fourth-order valence-corrected chi connectivity index (χ4v) is 2.77. The van der Waals surface area contributed by atoms with Gasteiger partial charge in [-0.15, -0.1) is 5.10 Å². The predicted molar refractivity (Wildman–Crippen MR) is 84.2 cm³/mol. The number of ether oxygens (including phenoxy) is 1. The van der Waals surface area contributed by atoms with Crippen molar-refractivity contribution in [3.63, 3.8) is 0 Å². The summed E-state index contributed by atoms with van der Waals surface area (Å²) in [5, 5.41) is 12.3. The van der Waals surface area contributed by atoms with Crippen molar-refractivity contribution in [2.45, 2.75) is 17.8 Å². The van der Waals surface area contributed by atoms with E-state index in [9.17, 15) is 0 Å². The number of H-pyrrole nitrogens is 1. The Labute approximate surface area is 136 Å². The van der Waals surface area contributed by atoms with Crippen LogP contribution < -0.4 is 4.74 Å². The number of rotatable bonds is 5. The van der Waals surface area contributed by atoms with Gasteiger partial charge < -0.3 is 9.26 Å². The third kappa shape index (κ3) is 3.26. The third-order valence-electron chi connectivity index (χ3n) is 2.91. The summed E-state index contributed by atoms with van der Waals surface area (Å²) in [7, 11) is 1.60. The lowest BCUT2D eigenvalue weighted by Gasteiger charge is -2.05. The minimum Gasteiger partial charge on any atom is -0.496 e. The van der Waals surface area contributed by atoms with Crippen LogP contribution in [0.5, 0.6) is 5.75 Å². The van der Waals surface area contributed by atoms with Crippen molar-refractivity contribution in [1.82, 2.24) is 20.3 Å². The molecule has 0 aliphatic rings. The van der Waals surface area contributed by atoms with Gasteiger partial charge in [-0.2, -0.15) is 0 Å². The van der Waals surface area contributed by atoms with Gasteiger partial charge in [0, 0.05) is 16.8 Å². The highest BCUT2D eigenvalue weighted by Crippen LogP contribution is 2.31. The molecule has 0 unspecified atom stereocenters. The second kappa shape index (κ2) is 6.41. The maximum absolute atomic E-state index is 6.03. The lowest BCUT2D eigenvalue weighted by Crippen LogP contribution is -1.89. The van der Waals surface area contributed by atoms with Gasteiger partial charge in [-0.05, 0) is 25.1 Å². The summed E-state index contributed by atoms with van der Waals surface area (Å²) in [6.45, 7) is 1.86. The maximum atomic E-state index is 6.03. The van der Waals surface area contributed by atoms with Gasteiger partial charge in [-0.25, -0.2) is 4.98 Å². The molecule has 0 saturated carbocycles. The number of aryl methyl sites for hydroxylation is 1. The van der Waals surface area contributed by atoms with E-state index < -0.39 is 0 Å². The van der Waals surface area contributed by atoms with Crippen LogP contribution in [-0.2, 0) is 5.75 Å². The van der Waals surface area contributed by atoms with E-state index in [1.807, 2.05) is 13.0 Å². The molecule has 0 amide bonds. The molecule has 0 fully saturated rings. The van der Waals surface area contributed by atoms with E-state index in [2.05, 4.69) is 20.3 Å². The van der Waals surface area contributed by atoms with Crippen molar-refractivity contribution in [3.8, 4) is 17.1 Å². The standard InChI is InChI=1S/C14H13ClN4O2S/c1-8-5-10(19-21-8)7-22-14-16-13(17-18-14)11-6-9(15)3-4-12(11)20-2/h3-6H,7H2,1-2H3,(H,16,17,18). The van der Waals surface area contributed by atoms with Gasteiger partial charge in [0.2, 0.25) is 5.16 Å². The zero-order valence-corrected chi connectivity index (χ0v) is 13.5. The topological polar surface area (TPSA) is 76.8 Å². The second-order valence-corrected chi connectivity index (χ2v) is 5.91. The summed E-state index contributed by atoms with van der Waals surface area (Å²) in [4.78, 5) is 4.45. The van der Waals surface area contributed by atoms with E-state index in [0.29, 0.717) is 27.5 Å². The van der Waals surface area contributed by atoms with Crippen LogP contribution in [0, 0.1) is 6.92 Å². The van der Waals surface area contributed by atoms with Crippen LogP contribution >= 0.6 is 23.4 Å². The smallest absolute Gasteiger partial charge is 0.209 e. The van der Waals surface area contributed by atoms with Crippen molar-refractivity contribution in [3.05, 3.63) is 40.7 Å². The molecular formula is C14H13ClN4O2S. The van der Waals surface area contributed by atoms with Gasteiger partial charge in [0.05, 0.1) is 18.4 Å². The normalized spacial score (nSPS) is 10.9. The van der Waals surface area contributed by atoms with Crippen molar-refractivity contribution in [2.24, 2.45) is 0 Å². The lowest BCUT2D eigenvalue weighted by molar-refractivity contribution is 0.393. The van der Waals surface area contributed by atoms with Crippen LogP contribution in [-0.4, -0.2) is 27.4 Å². The molecule has 6 nitrogen and oxygen atoms in total. The Bertz CT molecular complexity index is 787. The van der Waals surface area contributed by atoms with Gasteiger partial charge in [-0.3, -0.25) is 5.10 Å². The van der Waals surface area contributed by atoms with Crippen LogP contribution in [0.1, 0.15) is 11.5 Å². The molecule has 0 aliphatic heterocycles.